The highest BCUT2D eigenvalue weighted by Gasteiger charge is 2.42. The lowest BCUT2D eigenvalue weighted by Gasteiger charge is -2.33. The fraction of sp³-hybridized carbons (Fsp3) is 0.545. The number of fused-ring (bicyclic) bond motifs is 2. The van der Waals surface area contributed by atoms with Crippen LogP contribution in [-0.2, 0) is 25.6 Å². The highest BCUT2D eigenvalue weighted by Crippen LogP contribution is 2.23. The molecule has 0 aromatic heterocycles. The topological polar surface area (TPSA) is 98.8 Å². The van der Waals surface area contributed by atoms with Gasteiger partial charge < -0.3 is 20.4 Å². The number of rotatable bonds is 2. The van der Waals surface area contributed by atoms with Gasteiger partial charge in [-0.15, -0.1) is 0 Å². The second kappa shape index (κ2) is 8.45. The van der Waals surface area contributed by atoms with E-state index in [9.17, 15) is 19.2 Å². The number of amides is 4. The Balaban J connectivity index is 1.67. The van der Waals surface area contributed by atoms with Gasteiger partial charge >= 0.3 is 0 Å². The zero-order valence-electron chi connectivity index (χ0n) is 17.2. The van der Waals surface area contributed by atoms with Gasteiger partial charge in [0.15, 0.2) is 0 Å². The van der Waals surface area contributed by atoms with Crippen molar-refractivity contribution >= 4 is 23.6 Å². The van der Waals surface area contributed by atoms with Crippen LogP contribution in [0, 0.1) is 0 Å². The van der Waals surface area contributed by atoms with Gasteiger partial charge in [-0.3, -0.25) is 19.2 Å². The molecule has 0 spiro atoms. The first-order valence-electron chi connectivity index (χ1n) is 10.7. The van der Waals surface area contributed by atoms with Gasteiger partial charge in [0.2, 0.25) is 23.6 Å². The van der Waals surface area contributed by atoms with E-state index in [1.54, 1.807) is 16.7 Å². The lowest BCUT2D eigenvalue weighted by molar-refractivity contribution is -0.146. The van der Waals surface area contributed by atoms with E-state index in [1.165, 1.54) is 0 Å². The van der Waals surface area contributed by atoms with Crippen molar-refractivity contribution in [3.63, 3.8) is 0 Å². The quantitative estimate of drug-likeness (QED) is 0.726. The van der Waals surface area contributed by atoms with Crippen molar-refractivity contribution in [3.05, 3.63) is 35.9 Å². The van der Waals surface area contributed by atoms with Crippen LogP contribution in [0.4, 0.5) is 0 Å². The van der Waals surface area contributed by atoms with Gasteiger partial charge in [-0.1, -0.05) is 30.3 Å². The standard InChI is InChI=1S/C22H28N4O4/c1-14-21(29)25-11-5-10-18(25)20(28)24-16(13-15-7-3-2-4-8-15)22(30)26-12-6-9-17(26)19(27)23-14/h2-4,7-8,14,16-18H,5-6,9-13H2,1H3,(H,23,27)(H,24,28). The van der Waals surface area contributed by atoms with Crippen LogP contribution >= 0.6 is 0 Å². The summed E-state index contributed by atoms with van der Waals surface area (Å²) in [5.41, 5.74) is 0.927. The molecule has 2 N–H and O–H groups in total. The molecule has 3 saturated heterocycles. The largest absolute Gasteiger partial charge is 0.343 e. The van der Waals surface area contributed by atoms with E-state index < -0.39 is 24.2 Å². The third kappa shape index (κ3) is 3.91. The molecule has 3 aliphatic heterocycles. The summed E-state index contributed by atoms with van der Waals surface area (Å²) in [5, 5.41) is 5.69. The maximum absolute atomic E-state index is 13.4. The predicted octanol–water partition coefficient (Wildman–Crippen LogP) is 0.214. The summed E-state index contributed by atoms with van der Waals surface area (Å²) < 4.78 is 0. The van der Waals surface area contributed by atoms with E-state index in [0.29, 0.717) is 38.8 Å². The maximum atomic E-state index is 13.4. The summed E-state index contributed by atoms with van der Waals surface area (Å²) in [6, 6.07) is 6.77. The number of nitrogens with zero attached hydrogens (tertiary/aromatic N) is 2. The van der Waals surface area contributed by atoms with Crippen molar-refractivity contribution in [2.75, 3.05) is 13.1 Å². The van der Waals surface area contributed by atoms with Gasteiger partial charge in [-0.05, 0) is 38.2 Å². The Hall–Kier alpha value is -2.90. The molecular formula is C22H28N4O4. The van der Waals surface area contributed by atoms with Crippen LogP contribution in [-0.4, -0.2) is 70.7 Å². The first-order valence-corrected chi connectivity index (χ1v) is 10.7. The second-order valence-corrected chi connectivity index (χ2v) is 8.36. The molecule has 8 heteroatoms. The lowest BCUT2D eigenvalue weighted by atomic mass is 10.0. The van der Waals surface area contributed by atoms with Gasteiger partial charge in [0, 0.05) is 19.5 Å². The van der Waals surface area contributed by atoms with E-state index in [2.05, 4.69) is 10.6 Å². The molecule has 4 atom stereocenters. The molecule has 3 aliphatic rings. The Morgan fingerprint density at radius 1 is 0.833 bits per heavy atom. The van der Waals surface area contributed by atoms with Gasteiger partial charge in [-0.25, -0.2) is 0 Å². The minimum absolute atomic E-state index is 0.242. The molecule has 3 fully saturated rings. The Morgan fingerprint density at radius 2 is 1.40 bits per heavy atom. The molecule has 4 rings (SSSR count). The molecule has 3 heterocycles. The van der Waals surface area contributed by atoms with Crippen molar-refractivity contribution in [3.8, 4) is 0 Å². The second-order valence-electron chi connectivity index (χ2n) is 8.36. The Kier molecular flexibility index (Phi) is 5.74. The number of hydrogen-bond acceptors (Lipinski definition) is 4. The van der Waals surface area contributed by atoms with Crippen molar-refractivity contribution in [2.24, 2.45) is 0 Å². The summed E-state index contributed by atoms with van der Waals surface area (Å²) in [7, 11) is 0. The zero-order chi connectivity index (χ0) is 21.3. The maximum Gasteiger partial charge on any atom is 0.246 e. The average Bonchev–Trinajstić information content (AvgIpc) is 3.42. The molecule has 0 bridgehead atoms. The number of benzene rings is 1. The summed E-state index contributed by atoms with van der Waals surface area (Å²) in [5.74, 6) is -1.10. The minimum atomic E-state index is -0.775. The molecule has 0 radical (unpaired) electrons. The number of nitrogens with one attached hydrogen (secondary N) is 2. The van der Waals surface area contributed by atoms with E-state index in [1.807, 2.05) is 30.3 Å². The average molecular weight is 412 g/mol. The molecular weight excluding hydrogens is 384 g/mol. The lowest BCUT2D eigenvalue weighted by Crippen LogP contribution is -2.60. The van der Waals surface area contributed by atoms with Gasteiger partial charge in [0.05, 0.1) is 0 Å². The van der Waals surface area contributed by atoms with E-state index in [-0.39, 0.29) is 23.6 Å². The zero-order valence-corrected chi connectivity index (χ0v) is 17.2. The summed E-state index contributed by atoms with van der Waals surface area (Å²) in [6.07, 6.45) is 2.88. The number of carbonyl (C=O) groups is 4. The van der Waals surface area contributed by atoms with Crippen LogP contribution < -0.4 is 10.6 Å². The fourth-order valence-electron chi connectivity index (χ4n) is 4.74. The third-order valence-electron chi connectivity index (χ3n) is 6.30. The Bertz CT molecular complexity index is 843. The van der Waals surface area contributed by atoms with Crippen LogP contribution in [0.2, 0.25) is 0 Å². The molecule has 4 unspecified atom stereocenters. The van der Waals surface area contributed by atoms with Crippen LogP contribution in [0.3, 0.4) is 0 Å². The summed E-state index contributed by atoms with van der Waals surface area (Å²) in [4.78, 5) is 55.4. The van der Waals surface area contributed by atoms with Crippen LogP contribution in [0.25, 0.3) is 0 Å². The molecule has 1 aromatic rings. The first-order chi connectivity index (χ1) is 14.5. The highest BCUT2D eigenvalue weighted by molar-refractivity contribution is 5.98. The molecule has 8 nitrogen and oxygen atoms in total. The monoisotopic (exact) mass is 412 g/mol. The fourth-order valence-corrected chi connectivity index (χ4v) is 4.74. The summed E-state index contributed by atoms with van der Waals surface area (Å²) in [6.45, 7) is 2.58. The van der Waals surface area contributed by atoms with E-state index in [0.717, 1.165) is 12.0 Å². The normalized spacial score (nSPS) is 30.2. The van der Waals surface area contributed by atoms with Crippen LogP contribution in [0.15, 0.2) is 30.3 Å². The number of hydrogen-bond donors (Lipinski definition) is 2. The molecule has 4 amide bonds. The molecule has 30 heavy (non-hydrogen) atoms. The van der Waals surface area contributed by atoms with E-state index >= 15 is 0 Å². The molecule has 1 aromatic carbocycles. The third-order valence-corrected chi connectivity index (χ3v) is 6.30. The van der Waals surface area contributed by atoms with Gasteiger partial charge in [0.1, 0.15) is 24.2 Å². The Morgan fingerprint density at radius 3 is 2.03 bits per heavy atom. The predicted molar refractivity (Wildman–Crippen MR) is 109 cm³/mol. The van der Waals surface area contributed by atoms with E-state index in [4.69, 9.17) is 0 Å². The van der Waals surface area contributed by atoms with Gasteiger partial charge in [-0.2, -0.15) is 0 Å². The van der Waals surface area contributed by atoms with Crippen molar-refractivity contribution in [2.45, 2.75) is 63.2 Å². The molecule has 0 saturated carbocycles. The van der Waals surface area contributed by atoms with Crippen LogP contribution in [0.5, 0.6) is 0 Å². The van der Waals surface area contributed by atoms with Crippen molar-refractivity contribution in [1.82, 2.24) is 20.4 Å². The highest BCUT2D eigenvalue weighted by atomic mass is 16.2. The van der Waals surface area contributed by atoms with Gasteiger partial charge in [0.25, 0.3) is 0 Å². The molecule has 160 valence electrons. The smallest absolute Gasteiger partial charge is 0.246 e. The van der Waals surface area contributed by atoms with Crippen molar-refractivity contribution in [1.29, 1.82) is 0 Å². The van der Waals surface area contributed by atoms with Crippen molar-refractivity contribution < 1.29 is 19.2 Å². The molecule has 0 aliphatic carbocycles. The number of carbonyl (C=O) groups excluding carboxylic acids is 4. The Labute approximate surface area is 176 Å². The SMILES string of the molecule is CC1NC(=O)C2CCCN2C(=O)C(Cc2ccccc2)NC(=O)C2CCCN2C1=O. The first kappa shape index (κ1) is 20.4. The van der Waals surface area contributed by atoms with Crippen LogP contribution in [0.1, 0.15) is 38.2 Å². The minimum Gasteiger partial charge on any atom is -0.343 e. The summed E-state index contributed by atoms with van der Waals surface area (Å²) >= 11 is 0.